The number of carbonyl (C=O) groups excluding carboxylic acids is 1. The van der Waals surface area contributed by atoms with Crippen LogP contribution in [0.15, 0.2) is 24.3 Å². The lowest BCUT2D eigenvalue weighted by atomic mass is 10.2. The number of nitrogens with one attached hydrogen (secondary N) is 2. The summed E-state index contributed by atoms with van der Waals surface area (Å²) < 4.78 is 0. The van der Waals surface area contributed by atoms with Crippen LogP contribution in [0.3, 0.4) is 0 Å². The summed E-state index contributed by atoms with van der Waals surface area (Å²) in [4.78, 5) is 10.6. The molecule has 1 rings (SSSR count). The maximum absolute atomic E-state index is 10.6. The summed E-state index contributed by atoms with van der Waals surface area (Å²) in [5, 5.41) is 14.3. The molecule has 0 unspecified atom stereocenters. The first-order valence-corrected chi connectivity index (χ1v) is 3.81. The minimum Gasteiger partial charge on any atom is -0.625 e. The SMILES string of the molecule is CC(=O)Nc1ccc(C=[NH+][O-])cc1. The molecule has 0 aliphatic rings. The lowest BCUT2D eigenvalue weighted by molar-refractivity contribution is -0.366. The molecule has 0 heterocycles. The zero-order valence-corrected chi connectivity index (χ0v) is 7.20. The minimum absolute atomic E-state index is 0.112. The molecule has 0 spiro atoms. The molecule has 13 heavy (non-hydrogen) atoms. The molecule has 4 heteroatoms. The van der Waals surface area contributed by atoms with Crippen molar-refractivity contribution in [2.75, 3.05) is 5.32 Å². The van der Waals surface area contributed by atoms with Crippen LogP contribution in [0.1, 0.15) is 12.5 Å². The summed E-state index contributed by atoms with van der Waals surface area (Å²) in [6.07, 6.45) is 1.33. The first-order valence-electron chi connectivity index (χ1n) is 3.81. The molecule has 68 valence electrons. The van der Waals surface area contributed by atoms with Gasteiger partial charge in [-0.05, 0) is 24.3 Å². The lowest BCUT2D eigenvalue weighted by Gasteiger charge is -2.00. The van der Waals surface area contributed by atoms with Crippen molar-refractivity contribution in [3.8, 4) is 0 Å². The molecule has 0 saturated heterocycles. The van der Waals surface area contributed by atoms with Crippen LogP contribution in [0.2, 0.25) is 0 Å². The van der Waals surface area contributed by atoms with Crippen molar-refractivity contribution < 1.29 is 9.95 Å². The van der Waals surface area contributed by atoms with Crippen LogP contribution in [0.4, 0.5) is 5.69 Å². The smallest absolute Gasteiger partial charge is 0.221 e. The highest BCUT2D eigenvalue weighted by atomic mass is 16.4. The van der Waals surface area contributed by atoms with Crippen molar-refractivity contribution in [1.29, 1.82) is 0 Å². The van der Waals surface area contributed by atoms with E-state index in [0.29, 0.717) is 0 Å². The second-order valence-corrected chi connectivity index (χ2v) is 2.57. The van der Waals surface area contributed by atoms with Gasteiger partial charge in [0.1, 0.15) is 0 Å². The van der Waals surface area contributed by atoms with Crippen LogP contribution >= 0.6 is 0 Å². The Morgan fingerprint density at radius 1 is 1.46 bits per heavy atom. The maximum Gasteiger partial charge on any atom is 0.221 e. The molecule has 0 aliphatic heterocycles. The maximum atomic E-state index is 10.6. The van der Waals surface area contributed by atoms with Gasteiger partial charge in [-0.1, -0.05) is 0 Å². The van der Waals surface area contributed by atoms with Gasteiger partial charge in [-0.3, -0.25) is 4.79 Å². The highest BCUT2D eigenvalue weighted by Gasteiger charge is 1.95. The van der Waals surface area contributed by atoms with E-state index in [1.807, 2.05) is 0 Å². The third kappa shape index (κ3) is 2.94. The van der Waals surface area contributed by atoms with Crippen LogP contribution in [-0.4, -0.2) is 12.1 Å². The third-order valence-corrected chi connectivity index (χ3v) is 1.46. The van der Waals surface area contributed by atoms with E-state index in [1.54, 1.807) is 29.4 Å². The van der Waals surface area contributed by atoms with E-state index in [1.165, 1.54) is 13.1 Å². The summed E-state index contributed by atoms with van der Waals surface area (Å²) in [7, 11) is 0. The highest BCUT2D eigenvalue weighted by molar-refractivity contribution is 5.89. The second-order valence-electron chi connectivity index (χ2n) is 2.57. The predicted molar refractivity (Wildman–Crippen MR) is 50.2 cm³/mol. The number of carbonyl (C=O) groups is 1. The van der Waals surface area contributed by atoms with Gasteiger partial charge in [-0.15, -0.1) is 0 Å². The summed E-state index contributed by atoms with van der Waals surface area (Å²) in [5.41, 5.74) is 1.49. The van der Waals surface area contributed by atoms with Crippen molar-refractivity contribution in [3.05, 3.63) is 35.0 Å². The van der Waals surface area contributed by atoms with E-state index in [9.17, 15) is 10.0 Å². The molecule has 0 aliphatic carbocycles. The van der Waals surface area contributed by atoms with Gasteiger partial charge >= 0.3 is 0 Å². The highest BCUT2D eigenvalue weighted by Crippen LogP contribution is 2.07. The molecule has 0 bridgehead atoms. The number of benzene rings is 1. The van der Waals surface area contributed by atoms with Crippen molar-refractivity contribution >= 4 is 17.8 Å². The number of hydrogen-bond acceptors (Lipinski definition) is 2. The first-order chi connectivity index (χ1) is 6.22. The van der Waals surface area contributed by atoms with E-state index in [2.05, 4.69) is 5.32 Å². The Morgan fingerprint density at radius 3 is 2.54 bits per heavy atom. The average Bonchev–Trinajstić information content (AvgIpc) is 2.08. The number of amides is 1. The standard InChI is InChI=1S/C9H10N2O2/c1-7(12)11-9-4-2-8(3-5-9)6-10-13/h2-6,10H,1H3,(H-,11,12,13). The van der Waals surface area contributed by atoms with Crippen LogP contribution in [0, 0.1) is 5.21 Å². The summed E-state index contributed by atoms with van der Waals surface area (Å²) >= 11 is 0. The van der Waals surface area contributed by atoms with E-state index < -0.39 is 0 Å². The number of anilines is 1. The number of hydrogen-bond donors (Lipinski definition) is 2. The molecule has 0 aromatic heterocycles. The Hall–Kier alpha value is -1.84. The normalized spacial score (nSPS) is 10.2. The molecule has 1 aromatic carbocycles. The molecule has 1 aromatic rings. The van der Waals surface area contributed by atoms with Gasteiger partial charge in [0.25, 0.3) is 0 Å². The Labute approximate surface area is 75.9 Å². The summed E-state index contributed by atoms with van der Waals surface area (Å²) in [6, 6.07) is 6.92. The van der Waals surface area contributed by atoms with Gasteiger partial charge in [-0.25, -0.2) is 5.16 Å². The van der Waals surface area contributed by atoms with Crippen molar-refractivity contribution in [3.63, 3.8) is 0 Å². The fourth-order valence-corrected chi connectivity index (χ4v) is 0.934. The van der Waals surface area contributed by atoms with E-state index in [4.69, 9.17) is 0 Å². The van der Waals surface area contributed by atoms with Crippen LogP contribution in [-0.2, 0) is 4.79 Å². The van der Waals surface area contributed by atoms with Gasteiger partial charge in [0.15, 0.2) is 6.21 Å². The van der Waals surface area contributed by atoms with Gasteiger partial charge in [0.05, 0.1) is 0 Å². The fourth-order valence-electron chi connectivity index (χ4n) is 0.934. The first kappa shape index (κ1) is 9.25. The Bertz CT molecular complexity index is 317. The monoisotopic (exact) mass is 178 g/mol. The largest absolute Gasteiger partial charge is 0.625 e. The van der Waals surface area contributed by atoms with Gasteiger partial charge in [0.2, 0.25) is 5.91 Å². The van der Waals surface area contributed by atoms with Crippen molar-refractivity contribution in [2.24, 2.45) is 0 Å². The second kappa shape index (κ2) is 4.25. The lowest BCUT2D eigenvalue weighted by Crippen LogP contribution is -2.60. The molecule has 1 amide bonds. The fraction of sp³-hybridized carbons (Fsp3) is 0.111. The van der Waals surface area contributed by atoms with Crippen LogP contribution in [0.25, 0.3) is 0 Å². The molecule has 0 saturated carbocycles. The molecule has 0 radical (unpaired) electrons. The Morgan fingerprint density at radius 2 is 2.08 bits per heavy atom. The van der Waals surface area contributed by atoms with Crippen molar-refractivity contribution in [2.45, 2.75) is 6.92 Å². The molecular formula is C9H10N2O2. The topological polar surface area (TPSA) is 66.1 Å². The quantitative estimate of drug-likeness (QED) is 0.369. The van der Waals surface area contributed by atoms with E-state index >= 15 is 0 Å². The molecule has 2 N–H and O–H groups in total. The Balaban J connectivity index is 2.75. The molecule has 0 fully saturated rings. The predicted octanol–water partition coefficient (Wildman–Crippen LogP) is -0.358. The van der Waals surface area contributed by atoms with E-state index in [0.717, 1.165) is 11.3 Å². The van der Waals surface area contributed by atoms with Gasteiger partial charge < -0.3 is 10.5 Å². The summed E-state index contributed by atoms with van der Waals surface area (Å²) in [5.74, 6) is -0.112. The minimum atomic E-state index is -0.112. The van der Waals surface area contributed by atoms with Gasteiger partial charge in [0, 0.05) is 18.2 Å². The molecule has 0 atom stereocenters. The Kier molecular flexibility index (Phi) is 3.03. The van der Waals surface area contributed by atoms with Crippen molar-refractivity contribution in [1.82, 2.24) is 0 Å². The van der Waals surface area contributed by atoms with Gasteiger partial charge in [-0.2, -0.15) is 0 Å². The van der Waals surface area contributed by atoms with Crippen LogP contribution < -0.4 is 10.5 Å². The third-order valence-electron chi connectivity index (χ3n) is 1.46. The van der Waals surface area contributed by atoms with E-state index in [-0.39, 0.29) is 5.91 Å². The zero-order valence-electron chi connectivity index (χ0n) is 7.20. The molecule has 4 nitrogen and oxygen atoms in total. The number of rotatable bonds is 2. The zero-order chi connectivity index (χ0) is 9.68. The summed E-state index contributed by atoms with van der Waals surface area (Å²) in [6.45, 7) is 1.44. The molecular weight excluding hydrogens is 168 g/mol. The van der Waals surface area contributed by atoms with Crippen LogP contribution in [0.5, 0.6) is 0 Å². The average molecular weight is 178 g/mol.